The van der Waals surface area contributed by atoms with Gasteiger partial charge in [0.15, 0.2) is 0 Å². The number of thioether (sulfide) groups is 1. The molecule has 0 spiro atoms. The normalized spacial score (nSPS) is 12.4. The van der Waals surface area contributed by atoms with E-state index in [9.17, 15) is 49.1 Å². The summed E-state index contributed by atoms with van der Waals surface area (Å²) in [6, 6.07) is 3.09. The molecular formula is C19H12ClF9N2O3S. The highest BCUT2D eigenvalue weighted by Crippen LogP contribution is 2.54. The largest absolute Gasteiger partial charge is 0.460 e. The number of hydrogen-bond donors (Lipinski definition) is 1. The number of halogens is 10. The quantitative estimate of drug-likeness (QED) is 0.242. The number of ether oxygens (including phenoxy) is 1. The van der Waals surface area contributed by atoms with Crippen LogP contribution in [0.15, 0.2) is 41.3 Å². The number of nitrogens with zero attached hydrogens (tertiary/aromatic N) is 1. The molecule has 5 nitrogen and oxygen atoms in total. The van der Waals surface area contributed by atoms with Crippen molar-refractivity contribution in [1.82, 2.24) is 5.32 Å². The average molecular weight is 555 g/mol. The number of hydrogen-bond acceptors (Lipinski definition) is 4. The Morgan fingerprint density at radius 3 is 2.20 bits per heavy atom. The predicted octanol–water partition coefficient (Wildman–Crippen LogP) is 6.46. The van der Waals surface area contributed by atoms with Gasteiger partial charge in [0.05, 0.1) is 16.3 Å². The number of alkyl halides is 7. The molecule has 0 saturated heterocycles. The summed E-state index contributed by atoms with van der Waals surface area (Å²) >= 11 is 4.40. The first-order valence-electron chi connectivity index (χ1n) is 8.90. The lowest BCUT2D eigenvalue weighted by Gasteiger charge is -2.27. The zero-order chi connectivity index (χ0) is 26.8. The van der Waals surface area contributed by atoms with Gasteiger partial charge in [-0.3, -0.25) is 15.0 Å². The van der Waals surface area contributed by atoms with E-state index in [1.807, 2.05) is 0 Å². The maximum atomic E-state index is 14.6. The second kappa shape index (κ2) is 10.5. The highest BCUT2D eigenvalue weighted by molar-refractivity contribution is 8.00. The van der Waals surface area contributed by atoms with E-state index in [0.717, 1.165) is 25.3 Å². The molecule has 0 radical (unpaired) electrons. The molecule has 2 aromatic rings. The zero-order valence-corrected chi connectivity index (χ0v) is 18.6. The minimum Gasteiger partial charge on any atom is -0.364 e. The standard InChI is InChI=1S/C19H12ClF9N2O3S/c1-34-8-31(16(33)30-15(32)10-3-2-4-11(21)14(10)20)13-6-5-9(7-12(13)22)35-19(28,29)17(23,24)18(25,26)27/h2-7H,8H2,1H3,(H,30,32,33). The molecule has 2 aromatic carbocycles. The topological polar surface area (TPSA) is 58.6 Å². The third-order valence-corrected chi connectivity index (χ3v) is 5.48. The highest BCUT2D eigenvalue weighted by Gasteiger charge is 2.73. The maximum absolute atomic E-state index is 14.6. The number of anilines is 1. The molecule has 16 heteroatoms. The SMILES string of the molecule is COCN(C(=O)NC(=O)c1cccc(F)c1Cl)c1ccc(SC(F)(F)C(F)(F)C(F)(F)F)cc1F. The van der Waals surface area contributed by atoms with Crippen molar-refractivity contribution >= 4 is 41.0 Å². The van der Waals surface area contributed by atoms with Gasteiger partial charge in [-0.1, -0.05) is 17.7 Å². The summed E-state index contributed by atoms with van der Waals surface area (Å²) < 4.78 is 123. The smallest absolute Gasteiger partial charge is 0.364 e. The third-order valence-electron chi connectivity index (χ3n) is 4.10. The second-order valence-electron chi connectivity index (χ2n) is 6.51. The van der Waals surface area contributed by atoms with Crippen molar-refractivity contribution in [2.45, 2.75) is 22.2 Å². The fourth-order valence-electron chi connectivity index (χ4n) is 2.42. The van der Waals surface area contributed by atoms with Crippen LogP contribution in [0.5, 0.6) is 0 Å². The summed E-state index contributed by atoms with van der Waals surface area (Å²) in [6.45, 7) is -0.734. The number of benzene rings is 2. The Morgan fingerprint density at radius 1 is 1.03 bits per heavy atom. The van der Waals surface area contributed by atoms with E-state index in [0.29, 0.717) is 17.0 Å². The molecule has 192 valence electrons. The van der Waals surface area contributed by atoms with Crippen LogP contribution in [0.25, 0.3) is 0 Å². The summed E-state index contributed by atoms with van der Waals surface area (Å²) in [5, 5.41) is -4.55. The molecule has 0 aliphatic rings. The molecule has 0 unspecified atom stereocenters. The minimum absolute atomic E-state index is 0.182. The van der Waals surface area contributed by atoms with Crippen molar-refractivity contribution in [3.63, 3.8) is 0 Å². The minimum atomic E-state index is -6.58. The van der Waals surface area contributed by atoms with Crippen molar-refractivity contribution in [1.29, 1.82) is 0 Å². The first-order chi connectivity index (χ1) is 16.0. The summed E-state index contributed by atoms with van der Waals surface area (Å²) in [5.74, 6) is -10.1. The molecule has 2 rings (SSSR count). The van der Waals surface area contributed by atoms with Crippen LogP contribution in [-0.4, -0.2) is 43.1 Å². The molecule has 0 saturated carbocycles. The molecule has 1 N–H and O–H groups in total. The Labute approximate surface area is 200 Å². The van der Waals surface area contributed by atoms with Crippen molar-refractivity contribution < 1.29 is 53.8 Å². The molecular weight excluding hydrogens is 543 g/mol. The van der Waals surface area contributed by atoms with Crippen LogP contribution in [-0.2, 0) is 4.74 Å². The predicted molar refractivity (Wildman–Crippen MR) is 107 cm³/mol. The van der Waals surface area contributed by atoms with Gasteiger partial charge in [-0.2, -0.15) is 30.7 Å². The number of methoxy groups -OCH3 is 1. The van der Waals surface area contributed by atoms with Gasteiger partial charge < -0.3 is 4.74 Å². The number of nitrogens with one attached hydrogen (secondary N) is 1. The Bertz CT molecular complexity index is 1120. The number of urea groups is 1. The molecule has 0 bridgehead atoms. The van der Waals surface area contributed by atoms with E-state index < -0.39 is 80.6 Å². The van der Waals surface area contributed by atoms with Gasteiger partial charge in [0.2, 0.25) is 0 Å². The number of rotatable bonds is 7. The van der Waals surface area contributed by atoms with Crippen LogP contribution < -0.4 is 10.2 Å². The Morgan fingerprint density at radius 2 is 1.66 bits per heavy atom. The van der Waals surface area contributed by atoms with E-state index >= 15 is 0 Å². The first-order valence-corrected chi connectivity index (χ1v) is 10.1. The monoisotopic (exact) mass is 554 g/mol. The van der Waals surface area contributed by atoms with E-state index in [2.05, 4.69) is 0 Å². The van der Waals surface area contributed by atoms with Gasteiger partial charge in [0.1, 0.15) is 18.4 Å². The van der Waals surface area contributed by atoms with Crippen LogP contribution in [0.4, 0.5) is 50.0 Å². The lowest BCUT2D eigenvalue weighted by Crippen LogP contribution is -2.49. The van der Waals surface area contributed by atoms with Crippen molar-refractivity contribution in [3.8, 4) is 0 Å². The van der Waals surface area contributed by atoms with Gasteiger partial charge in [-0.25, -0.2) is 13.6 Å². The summed E-state index contributed by atoms with van der Waals surface area (Å²) in [6.07, 6.45) is -6.58. The fourth-order valence-corrected chi connectivity index (χ4v) is 3.48. The first kappa shape index (κ1) is 28.6. The highest BCUT2D eigenvalue weighted by atomic mass is 35.5. The molecule has 0 aliphatic carbocycles. The lowest BCUT2D eigenvalue weighted by atomic mass is 10.2. The van der Waals surface area contributed by atoms with Crippen LogP contribution in [0.1, 0.15) is 10.4 Å². The molecule has 0 atom stereocenters. The van der Waals surface area contributed by atoms with E-state index in [-0.39, 0.29) is 6.07 Å². The van der Waals surface area contributed by atoms with E-state index in [1.165, 1.54) is 0 Å². The van der Waals surface area contributed by atoms with Crippen LogP contribution in [0.3, 0.4) is 0 Å². The second-order valence-corrected chi connectivity index (χ2v) is 8.08. The zero-order valence-electron chi connectivity index (χ0n) is 17.0. The number of carbonyl (C=O) groups excluding carboxylic acids is 2. The Hall–Kier alpha value is -2.65. The van der Waals surface area contributed by atoms with Crippen LogP contribution in [0.2, 0.25) is 5.02 Å². The van der Waals surface area contributed by atoms with Gasteiger partial charge in [0, 0.05) is 12.0 Å². The summed E-state index contributed by atoms with van der Waals surface area (Å²) in [7, 11) is 1.05. The summed E-state index contributed by atoms with van der Waals surface area (Å²) in [5.41, 5.74) is -1.19. The van der Waals surface area contributed by atoms with Crippen LogP contribution in [0, 0.1) is 11.6 Å². The van der Waals surface area contributed by atoms with E-state index in [4.69, 9.17) is 16.3 Å². The van der Waals surface area contributed by atoms with E-state index in [1.54, 1.807) is 5.32 Å². The van der Waals surface area contributed by atoms with Crippen LogP contribution >= 0.6 is 23.4 Å². The Kier molecular flexibility index (Phi) is 8.61. The number of carbonyl (C=O) groups is 2. The molecule has 0 aliphatic heterocycles. The third kappa shape index (κ3) is 6.13. The number of amides is 3. The maximum Gasteiger partial charge on any atom is 0.460 e. The molecule has 3 amide bonds. The van der Waals surface area contributed by atoms with Gasteiger partial charge in [0.25, 0.3) is 5.91 Å². The Balaban J connectivity index is 2.29. The summed E-state index contributed by atoms with van der Waals surface area (Å²) in [4.78, 5) is 24.1. The van der Waals surface area contributed by atoms with Crippen molar-refractivity contribution in [3.05, 3.63) is 58.6 Å². The molecule has 0 fully saturated rings. The van der Waals surface area contributed by atoms with Gasteiger partial charge in [-0.05, 0) is 42.1 Å². The molecule has 0 heterocycles. The molecule has 0 aromatic heterocycles. The number of imide groups is 1. The average Bonchev–Trinajstić information content (AvgIpc) is 2.73. The fraction of sp³-hybridized carbons (Fsp3) is 0.263. The van der Waals surface area contributed by atoms with Gasteiger partial charge >= 0.3 is 23.4 Å². The lowest BCUT2D eigenvalue weighted by molar-refractivity contribution is -0.330. The van der Waals surface area contributed by atoms with Crippen molar-refractivity contribution in [2.75, 3.05) is 18.7 Å². The van der Waals surface area contributed by atoms with Gasteiger partial charge in [-0.15, -0.1) is 0 Å². The molecule has 35 heavy (non-hydrogen) atoms. The van der Waals surface area contributed by atoms with Crippen molar-refractivity contribution in [2.24, 2.45) is 0 Å².